The van der Waals surface area contributed by atoms with Crippen molar-refractivity contribution < 1.29 is 4.79 Å². The van der Waals surface area contributed by atoms with Crippen molar-refractivity contribution in [1.29, 1.82) is 0 Å². The fourth-order valence-corrected chi connectivity index (χ4v) is 0.691. The summed E-state index contributed by atoms with van der Waals surface area (Å²) in [4.78, 5) is 14.9. The molecule has 4 nitrogen and oxygen atoms in total. The lowest BCUT2D eigenvalue weighted by molar-refractivity contribution is 0.0955. The maximum absolute atomic E-state index is 11.2. The fourth-order valence-electron chi connectivity index (χ4n) is 0.691. The Kier molecular flexibility index (Phi) is 2.95. The molecule has 0 fully saturated rings. The third kappa shape index (κ3) is 2.16. The third-order valence-corrected chi connectivity index (χ3v) is 1.24. The molecule has 0 aliphatic carbocycles. The van der Waals surface area contributed by atoms with Crippen molar-refractivity contribution in [2.24, 2.45) is 5.10 Å². The molecule has 12 heavy (non-hydrogen) atoms. The van der Waals surface area contributed by atoms with Crippen molar-refractivity contribution in [2.75, 3.05) is 0 Å². The molecule has 0 unspecified atom stereocenters. The molecule has 0 saturated heterocycles. The molecule has 0 spiro atoms. The minimum absolute atomic E-state index is 0.226. The van der Waals surface area contributed by atoms with Gasteiger partial charge in [0.15, 0.2) is 0 Å². The molecule has 1 aromatic rings. The maximum Gasteiger partial charge on any atom is 0.271 e. The topological polar surface area (TPSA) is 54.4 Å². The molecule has 0 atom stereocenters. The van der Waals surface area contributed by atoms with Crippen molar-refractivity contribution in [2.45, 2.75) is 6.92 Å². The monoisotopic (exact) mass is 163 g/mol. The second-order valence-electron chi connectivity index (χ2n) is 2.06. The van der Waals surface area contributed by atoms with Crippen LogP contribution >= 0.6 is 0 Å². The highest BCUT2D eigenvalue weighted by Gasteiger charge is 2.00. The highest BCUT2D eigenvalue weighted by Crippen LogP contribution is 1.94. The van der Waals surface area contributed by atoms with Gasteiger partial charge in [0.25, 0.3) is 5.91 Å². The molecule has 1 rings (SSSR count). The molecule has 1 N–H and O–H groups in total. The smallest absolute Gasteiger partial charge is 0.267 e. The zero-order valence-electron chi connectivity index (χ0n) is 6.69. The van der Waals surface area contributed by atoms with E-state index in [1.165, 1.54) is 6.21 Å². The van der Waals surface area contributed by atoms with E-state index in [1.54, 1.807) is 31.5 Å². The van der Waals surface area contributed by atoms with Gasteiger partial charge in [-0.1, -0.05) is 0 Å². The van der Waals surface area contributed by atoms with Crippen LogP contribution in [0.1, 0.15) is 17.3 Å². The van der Waals surface area contributed by atoms with Gasteiger partial charge in [-0.3, -0.25) is 9.78 Å². The molecule has 0 radical (unpaired) electrons. The van der Waals surface area contributed by atoms with Gasteiger partial charge in [0.2, 0.25) is 0 Å². The lowest BCUT2D eigenvalue weighted by Crippen LogP contribution is -2.16. The first kappa shape index (κ1) is 8.39. The molecule has 0 saturated carbocycles. The number of carbonyl (C=O) groups is 1. The van der Waals surface area contributed by atoms with Crippen LogP contribution in [-0.2, 0) is 0 Å². The van der Waals surface area contributed by atoms with Gasteiger partial charge < -0.3 is 0 Å². The lowest BCUT2D eigenvalue weighted by atomic mass is 10.3. The van der Waals surface area contributed by atoms with Gasteiger partial charge in [-0.15, -0.1) is 0 Å². The Bertz CT molecular complexity index is 282. The Morgan fingerprint density at radius 1 is 1.58 bits per heavy atom. The molecule has 1 heterocycles. The number of pyridine rings is 1. The average molecular weight is 163 g/mol. The van der Waals surface area contributed by atoms with Crippen LogP contribution in [0.5, 0.6) is 0 Å². The second-order valence-corrected chi connectivity index (χ2v) is 2.06. The van der Waals surface area contributed by atoms with E-state index in [9.17, 15) is 4.79 Å². The number of rotatable bonds is 2. The van der Waals surface area contributed by atoms with Gasteiger partial charge in [-0.2, -0.15) is 5.10 Å². The third-order valence-electron chi connectivity index (χ3n) is 1.24. The van der Waals surface area contributed by atoms with Crippen molar-refractivity contribution in [1.82, 2.24) is 10.4 Å². The van der Waals surface area contributed by atoms with Crippen LogP contribution in [0.25, 0.3) is 0 Å². The van der Waals surface area contributed by atoms with E-state index in [1.807, 2.05) is 0 Å². The lowest BCUT2D eigenvalue weighted by Gasteiger charge is -1.96. The highest BCUT2D eigenvalue weighted by molar-refractivity contribution is 5.94. The van der Waals surface area contributed by atoms with Gasteiger partial charge >= 0.3 is 0 Å². The van der Waals surface area contributed by atoms with Gasteiger partial charge in [0.1, 0.15) is 0 Å². The molecule has 0 aliphatic heterocycles. The Labute approximate surface area is 70.3 Å². The largest absolute Gasteiger partial charge is 0.271 e. The minimum atomic E-state index is -0.226. The number of hydrogen-bond donors (Lipinski definition) is 1. The molecule has 4 heteroatoms. The summed E-state index contributed by atoms with van der Waals surface area (Å²) >= 11 is 0. The Morgan fingerprint density at radius 2 is 2.25 bits per heavy atom. The minimum Gasteiger partial charge on any atom is -0.267 e. The van der Waals surface area contributed by atoms with E-state index >= 15 is 0 Å². The summed E-state index contributed by atoms with van der Waals surface area (Å²) in [5.41, 5.74) is 2.90. The van der Waals surface area contributed by atoms with E-state index in [2.05, 4.69) is 15.5 Å². The first-order valence-electron chi connectivity index (χ1n) is 3.52. The first-order chi connectivity index (χ1) is 5.84. The Morgan fingerprint density at radius 3 is 2.83 bits per heavy atom. The number of nitrogens with zero attached hydrogens (tertiary/aromatic N) is 2. The summed E-state index contributed by atoms with van der Waals surface area (Å²) in [6, 6.07) is 3.25. The van der Waals surface area contributed by atoms with Crippen LogP contribution < -0.4 is 5.43 Å². The van der Waals surface area contributed by atoms with Gasteiger partial charge in [0.05, 0.1) is 0 Å². The first-order valence-corrected chi connectivity index (χ1v) is 3.52. The molecule has 0 aliphatic rings. The SMILES string of the molecule is C/C=N\NC(=O)c1ccncc1. The van der Waals surface area contributed by atoms with Crippen LogP contribution in [0, 0.1) is 0 Å². The van der Waals surface area contributed by atoms with Gasteiger partial charge in [-0.05, 0) is 19.1 Å². The van der Waals surface area contributed by atoms with Crippen molar-refractivity contribution in [3.05, 3.63) is 30.1 Å². The molecular formula is C8H9N3O. The fraction of sp³-hybridized carbons (Fsp3) is 0.125. The van der Waals surface area contributed by atoms with E-state index in [-0.39, 0.29) is 5.91 Å². The van der Waals surface area contributed by atoms with E-state index < -0.39 is 0 Å². The predicted octanol–water partition coefficient (Wildman–Crippen LogP) is 0.817. The van der Waals surface area contributed by atoms with Gasteiger partial charge in [-0.25, -0.2) is 5.43 Å². The Hall–Kier alpha value is -1.71. The summed E-state index contributed by atoms with van der Waals surface area (Å²) in [6.45, 7) is 1.73. The quantitative estimate of drug-likeness (QED) is 0.518. The number of amides is 1. The number of aromatic nitrogens is 1. The van der Waals surface area contributed by atoms with E-state index in [0.717, 1.165) is 0 Å². The zero-order chi connectivity index (χ0) is 8.81. The molecule has 0 aromatic carbocycles. The van der Waals surface area contributed by atoms with Crippen molar-refractivity contribution in [3.8, 4) is 0 Å². The maximum atomic E-state index is 11.2. The van der Waals surface area contributed by atoms with Crippen LogP contribution in [0.4, 0.5) is 0 Å². The molecule has 0 bridgehead atoms. The number of nitrogens with one attached hydrogen (secondary N) is 1. The highest BCUT2D eigenvalue weighted by atomic mass is 16.2. The second kappa shape index (κ2) is 4.23. The van der Waals surface area contributed by atoms with Crippen LogP contribution in [0.3, 0.4) is 0 Å². The molecule has 1 aromatic heterocycles. The van der Waals surface area contributed by atoms with Crippen molar-refractivity contribution in [3.63, 3.8) is 0 Å². The van der Waals surface area contributed by atoms with Crippen molar-refractivity contribution >= 4 is 12.1 Å². The summed E-state index contributed by atoms with van der Waals surface area (Å²) < 4.78 is 0. The number of hydrogen-bond acceptors (Lipinski definition) is 3. The summed E-state index contributed by atoms with van der Waals surface area (Å²) in [5, 5.41) is 3.60. The van der Waals surface area contributed by atoms with Crippen LogP contribution in [0.2, 0.25) is 0 Å². The van der Waals surface area contributed by atoms with Crippen LogP contribution in [0.15, 0.2) is 29.6 Å². The molecular weight excluding hydrogens is 154 g/mol. The van der Waals surface area contributed by atoms with Gasteiger partial charge in [0, 0.05) is 24.2 Å². The van der Waals surface area contributed by atoms with Crippen LogP contribution in [-0.4, -0.2) is 17.1 Å². The standard InChI is InChI=1S/C8H9N3O/c1-2-10-11-8(12)7-3-5-9-6-4-7/h2-6H,1H3,(H,11,12)/b10-2-. The normalized spacial score (nSPS) is 10.1. The predicted molar refractivity (Wildman–Crippen MR) is 45.9 cm³/mol. The zero-order valence-corrected chi connectivity index (χ0v) is 6.69. The average Bonchev–Trinajstić information content (AvgIpc) is 2.15. The molecule has 1 amide bonds. The summed E-state index contributed by atoms with van der Waals surface area (Å²) in [6.07, 6.45) is 4.63. The summed E-state index contributed by atoms with van der Waals surface area (Å²) in [7, 11) is 0. The number of carbonyl (C=O) groups excluding carboxylic acids is 1. The Balaban J connectivity index is 2.66. The summed E-state index contributed by atoms with van der Waals surface area (Å²) in [5.74, 6) is -0.226. The van der Waals surface area contributed by atoms with E-state index in [0.29, 0.717) is 5.56 Å². The molecule has 62 valence electrons. The van der Waals surface area contributed by atoms with E-state index in [4.69, 9.17) is 0 Å². The number of hydrazone groups is 1.